The zero-order valence-electron chi connectivity index (χ0n) is 17.2. The first-order valence-corrected chi connectivity index (χ1v) is 11.8. The lowest BCUT2D eigenvalue weighted by Crippen LogP contribution is -2.58. The first kappa shape index (κ1) is 18.6. The van der Waals surface area contributed by atoms with E-state index in [4.69, 9.17) is 5.10 Å². The molecule has 1 amide bonds. The Labute approximate surface area is 185 Å². The molecule has 1 aliphatic carbocycles. The smallest absolute Gasteiger partial charge is 0.258 e. The number of rotatable bonds is 2. The lowest BCUT2D eigenvalue weighted by molar-refractivity contribution is 0.0878. The summed E-state index contributed by atoms with van der Waals surface area (Å²) in [6.45, 7) is 0. The van der Waals surface area contributed by atoms with Gasteiger partial charge in [-0.2, -0.15) is 5.10 Å². The first-order valence-electron chi connectivity index (χ1n) is 11.0. The van der Waals surface area contributed by atoms with Gasteiger partial charge < -0.3 is 10.6 Å². The third kappa shape index (κ3) is 3.13. The molecule has 0 saturated heterocycles. The number of hydrogen-bond donors (Lipinski definition) is 2. The Bertz CT molecular complexity index is 1160. The van der Waals surface area contributed by atoms with E-state index in [9.17, 15) is 4.79 Å². The second-order valence-electron chi connectivity index (χ2n) is 8.54. The molecule has 0 radical (unpaired) electrons. The standard InChI is InChI=1S/C25H24N4OS/c30-23-21-22-20(31-24(21)27-25(26-23)14-8-3-9-15-25)16-19(17-10-4-1-5-11-17)28-29(22)18-12-6-2-7-13-18/h1-2,4-7,10-13,27H,3,8-9,14-16H2,(H,26,30). The van der Waals surface area contributed by atoms with E-state index in [0.717, 1.165) is 65.3 Å². The highest BCUT2D eigenvalue weighted by Gasteiger charge is 2.43. The molecule has 0 atom stereocenters. The van der Waals surface area contributed by atoms with Crippen molar-refractivity contribution in [3.8, 4) is 0 Å². The van der Waals surface area contributed by atoms with Crippen LogP contribution in [0.15, 0.2) is 65.8 Å². The Hall–Kier alpha value is -3.12. The minimum atomic E-state index is -0.295. The molecule has 3 aliphatic rings. The van der Waals surface area contributed by atoms with Crippen LogP contribution in [0.3, 0.4) is 0 Å². The molecule has 0 unspecified atom stereocenters. The van der Waals surface area contributed by atoms with Crippen LogP contribution in [0.4, 0.5) is 16.4 Å². The Kier molecular flexibility index (Phi) is 4.35. The quantitative estimate of drug-likeness (QED) is 0.554. The van der Waals surface area contributed by atoms with Gasteiger partial charge in [-0.3, -0.25) is 4.79 Å². The van der Waals surface area contributed by atoms with Gasteiger partial charge in [0.25, 0.3) is 5.91 Å². The number of carbonyl (C=O) groups excluding carboxylic acids is 1. The molecule has 1 spiro atoms. The Morgan fingerprint density at radius 3 is 2.35 bits per heavy atom. The number of thiophene rings is 1. The maximum atomic E-state index is 13.4. The van der Waals surface area contributed by atoms with Gasteiger partial charge in [0.05, 0.1) is 22.6 Å². The minimum Gasteiger partial charge on any atom is -0.354 e. The average Bonchev–Trinajstić information content (AvgIpc) is 3.18. The molecule has 0 bridgehead atoms. The summed E-state index contributed by atoms with van der Waals surface area (Å²) in [6.07, 6.45) is 6.21. The van der Waals surface area contributed by atoms with Crippen LogP contribution >= 0.6 is 11.3 Å². The van der Waals surface area contributed by atoms with Gasteiger partial charge in [-0.25, -0.2) is 5.01 Å². The fourth-order valence-corrected chi connectivity index (χ4v) is 6.23. The molecule has 6 heteroatoms. The van der Waals surface area contributed by atoms with Gasteiger partial charge in [0.1, 0.15) is 10.7 Å². The Balaban J connectivity index is 1.48. The van der Waals surface area contributed by atoms with Crippen molar-refractivity contribution in [2.45, 2.75) is 44.2 Å². The predicted octanol–water partition coefficient (Wildman–Crippen LogP) is 5.66. The number of para-hydroxylation sites is 1. The zero-order valence-corrected chi connectivity index (χ0v) is 18.0. The number of anilines is 3. The molecule has 2 aliphatic heterocycles. The highest BCUT2D eigenvalue weighted by Crippen LogP contribution is 2.49. The van der Waals surface area contributed by atoms with Gasteiger partial charge in [0.2, 0.25) is 0 Å². The molecule has 6 rings (SSSR count). The van der Waals surface area contributed by atoms with E-state index in [1.54, 1.807) is 11.3 Å². The lowest BCUT2D eigenvalue weighted by atomic mass is 9.87. The van der Waals surface area contributed by atoms with Crippen molar-refractivity contribution in [3.63, 3.8) is 0 Å². The van der Waals surface area contributed by atoms with Crippen LogP contribution in [0, 0.1) is 0 Å². The van der Waals surface area contributed by atoms with Crippen molar-refractivity contribution < 1.29 is 4.79 Å². The summed E-state index contributed by atoms with van der Waals surface area (Å²) >= 11 is 1.71. The topological polar surface area (TPSA) is 56.7 Å². The number of amides is 1. The van der Waals surface area contributed by atoms with E-state index < -0.39 is 0 Å². The van der Waals surface area contributed by atoms with Crippen LogP contribution in [-0.2, 0) is 6.42 Å². The van der Waals surface area contributed by atoms with Gasteiger partial charge >= 0.3 is 0 Å². The molecule has 2 aromatic carbocycles. The van der Waals surface area contributed by atoms with Crippen molar-refractivity contribution in [3.05, 3.63) is 76.7 Å². The van der Waals surface area contributed by atoms with Crippen LogP contribution < -0.4 is 15.6 Å². The second-order valence-corrected chi connectivity index (χ2v) is 9.64. The monoisotopic (exact) mass is 428 g/mol. The van der Waals surface area contributed by atoms with E-state index >= 15 is 0 Å². The molecule has 31 heavy (non-hydrogen) atoms. The van der Waals surface area contributed by atoms with Crippen LogP contribution in [0.25, 0.3) is 0 Å². The average molecular weight is 429 g/mol. The predicted molar refractivity (Wildman–Crippen MR) is 126 cm³/mol. The van der Waals surface area contributed by atoms with Gasteiger partial charge in [-0.05, 0) is 43.4 Å². The third-order valence-electron chi connectivity index (χ3n) is 6.46. The zero-order chi connectivity index (χ0) is 20.8. The van der Waals surface area contributed by atoms with E-state index in [-0.39, 0.29) is 11.6 Å². The van der Waals surface area contributed by atoms with E-state index in [1.807, 2.05) is 53.5 Å². The summed E-state index contributed by atoms with van der Waals surface area (Å²) in [4.78, 5) is 14.6. The van der Waals surface area contributed by atoms with E-state index in [2.05, 4.69) is 22.8 Å². The molecular weight excluding hydrogens is 404 g/mol. The maximum absolute atomic E-state index is 13.4. The summed E-state index contributed by atoms with van der Waals surface area (Å²) in [5, 5.41) is 15.0. The molecular formula is C25H24N4OS. The van der Waals surface area contributed by atoms with Gasteiger partial charge in [-0.1, -0.05) is 55.0 Å². The fraction of sp³-hybridized carbons (Fsp3) is 0.280. The summed E-state index contributed by atoms with van der Waals surface area (Å²) in [5.41, 5.74) is 4.45. The molecule has 3 heterocycles. The number of hydrogen-bond acceptors (Lipinski definition) is 5. The molecule has 5 nitrogen and oxygen atoms in total. The number of hydrazone groups is 1. The molecule has 3 aromatic rings. The minimum absolute atomic E-state index is 0.0208. The lowest BCUT2D eigenvalue weighted by Gasteiger charge is -2.42. The van der Waals surface area contributed by atoms with Gasteiger partial charge in [-0.15, -0.1) is 11.3 Å². The van der Waals surface area contributed by atoms with Crippen molar-refractivity contribution in [1.29, 1.82) is 0 Å². The normalized spacial score (nSPS) is 19.2. The molecule has 1 aromatic heterocycles. The number of benzene rings is 2. The Morgan fingerprint density at radius 2 is 1.61 bits per heavy atom. The third-order valence-corrected chi connectivity index (χ3v) is 7.56. The SMILES string of the molecule is O=C1NC2(CCCCC2)Nc2sc3c(c21)N(c1ccccc1)N=C(c1ccccc1)C3. The van der Waals surface area contributed by atoms with Crippen molar-refractivity contribution in [2.24, 2.45) is 5.10 Å². The Morgan fingerprint density at radius 1 is 0.903 bits per heavy atom. The molecule has 1 fully saturated rings. The summed E-state index contributed by atoms with van der Waals surface area (Å²) in [5.74, 6) is 0.0208. The summed E-state index contributed by atoms with van der Waals surface area (Å²) < 4.78 is 0. The highest BCUT2D eigenvalue weighted by atomic mass is 32.1. The van der Waals surface area contributed by atoms with Crippen LogP contribution in [0.2, 0.25) is 0 Å². The summed E-state index contributed by atoms with van der Waals surface area (Å²) in [6, 6.07) is 20.4. The highest BCUT2D eigenvalue weighted by molar-refractivity contribution is 7.17. The second kappa shape index (κ2) is 7.24. The summed E-state index contributed by atoms with van der Waals surface area (Å²) in [7, 11) is 0. The molecule has 2 N–H and O–H groups in total. The van der Waals surface area contributed by atoms with Gasteiger partial charge in [0, 0.05) is 11.3 Å². The van der Waals surface area contributed by atoms with Crippen molar-refractivity contribution >= 4 is 39.3 Å². The maximum Gasteiger partial charge on any atom is 0.258 e. The number of nitrogens with zero attached hydrogens (tertiary/aromatic N) is 2. The van der Waals surface area contributed by atoms with Crippen molar-refractivity contribution in [1.82, 2.24) is 5.32 Å². The van der Waals surface area contributed by atoms with E-state index in [0.29, 0.717) is 0 Å². The van der Waals surface area contributed by atoms with Crippen LogP contribution in [-0.4, -0.2) is 17.3 Å². The number of carbonyl (C=O) groups is 1. The van der Waals surface area contributed by atoms with Crippen LogP contribution in [0.1, 0.15) is 52.9 Å². The molecule has 156 valence electrons. The number of fused-ring (bicyclic) bond motifs is 3. The first-order chi connectivity index (χ1) is 15.2. The fourth-order valence-electron chi connectivity index (χ4n) is 4.95. The van der Waals surface area contributed by atoms with E-state index in [1.165, 1.54) is 11.3 Å². The van der Waals surface area contributed by atoms with Crippen LogP contribution in [0.5, 0.6) is 0 Å². The van der Waals surface area contributed by atoms with Crippen molar-refractivity contribution in [2.75, 3.05) is 10.3 Å². The molecule has 1 saturated carbocycles. The number of nitrogens with one attached hydrogen (secondary N) is 2. The largest absolute Gasteiger partial charge is 0.354 e. The van der Waals surface area contributed by atoms with Gasteiger partial charge in [0.15, 0.2) is 0 Å².